The number of halogens is 3. The Morgan fingerprint density at radius 1 is 1.23 bits per heavy atom. The maximum Gasteiger partial charge on any atom is 0.416 e. The number of aryl methyl sites for hydroxylation is 1. The molecule has 5 nitrogen and oxygen atoms in total. The van der Waals surface area contributed by atoms with Crippen molar-refractivity contribution in [3.8, 4) is 11.1 Å². The summed E-state index contributed by atoms with van der Waals surface area (Å²) in [4.78, 5) is 10.3. The molecule has 8 heteroatoms. The number of likely N-dealkylation sites (tertiary alicyclic amines) is 1. The summed E-state index contributed by atoms with van der Waals surface area (Å²) in [6.45, 7) is 4.79. The average molecular weight is 432 g/mol. The van der Waals surface area contributed by atoms with Crippen LogP contribution in [0.3, 0.4) is 0 Å². The summed E-state index contributed by atoms with van der Waals surface area (Å²) < 4.78 is 39.5. The first-order valence-electron chi connectivity index (χ1n) is 10.9. The van der Waals surface area contributed by atoms with Gasteiger partial charge in [-0.25, -0.2) is 4.98 Å². The maximum absolute atomic E-state index is 13.2. The molecule has 1 unspecified atom stereocenters. The van der Waals surface area contributed by atoms with Crippen molar-refractivity contribution in [2.75, 3.05) is 13.1 Å². The summed E-state index contributed by atoms with van der Waals surface area (Å²) >= 11 is 0. The number of nitrogens with zero attached hydrogens (tertiary/aromatic N) is 3. The molecule has 0 aliphatic carbocycles. The van der Waals surface area contributed by atoms with Crippen LogP contribution in [-0.4, -0.2) is 38.2 Å². The Labute approximate surface area is 180 Å². The zero-order chi connectivity index (χ0) is 21.8. The fourth-order valence-electron chi connectivity index (χ4n) is 4.33. The third-order valence-electron chi connectivity index (χ3n) is 5.93. The zero-order valence-corrected chi connectivity index (χ0v) is 17.7. The highest BCUT2D eigenvalue weighted by Crippen LogP contribution is 2.36. The predicted molar refractivity (Wildman–Crippen MR) is 113 cm³/mol. The molecule has 166 valence electrons. The largest absolute Gasteiger partial charge is 0.416 e. The zero-order valence-electron chi connectivity index (χ0n) is 17.7. The van der Waals surface area contributed by atoms with Gasteiger partial charge in [0, 0.05) is 48.6 Å². The number of hydrogen-bond acceptors (Lipinski definition) is 3. The summed E-state index contributed by atoms with van der Waals surface area (Å²) in [5.74, 6) is 1.23. The molecule has 2 N–H and O–H groups in total. The van der Waals surface area contributed by atoms with E-state index in [4.69, 9.17) is 0 Å². The second-order valence-electron chi connectivity index (χ2n) is 8.31. The van der Waals surface area contributed by atoms with E-state index in [-0.39, 0.29) is 5.92 Å². The third kappa shape index (κ3) is 5.18. The summed E-state index contributed by atoms with van der Waals surface area (Å²) in [5, 5.41) is 7.23. The van der Waals surface area contributed by atoms with E-state index in [0.717, 1.165) is 80.6 Å². The molecule has 3 heterocycles. The molecule has 1 aliphatic heterocycles. The average Bonchev–Trinajstić information content (AvgIpc) is 3.42. The first kappa shape index (κ1) is 21.6. The maximum atomic E-state index is 13.2. The van der Waals surface area contributed by atoms with Gasteiger partial charge in [0.15, 0.2) is 0 Å². The van der Waals surface area contributed by atoms with Crippen molar-refractivity contribution in [1.29, 1.82) is 0 Å². The molecule has 1 atom stereocenters. The Morgan fingerprint density at radius 3 is 2.90 bits per heavy atom. The SMILES string of the molecule is CCCCc1ncc(CN2CCCC(c3[nH]ncc3-c3cccc(C(F)(F)F)c3)C2)[nH]1. The number of rotatable bonds is 7. The molecular weight excluding hydrogens is 403 g/mol. The van der Waals surface area contributed by atoms with E-state index in [1.165, 1.54) is 12.1 Å². The Bertz CT molecular complexity index is 991. The molecule has 2 aromatic heterocycles. The Morgan fingerprint density at radius 2 is 2.10 bits per heavy atom. The molecule has 0 spiro atoms. The highest BCUT2D eigenvalue weighted by Gasteiger charge is 2.31. The number of nitrogens with one attached hydrogen (secondary N) is 2. The quantitative estimate of drug-likeness (QED) is 0.516. The molecular formula is C23H28F3N5. The first-order valence-corrected chi connectivity index (χ1v) is 10.9. The number of benzene rings is 1. The predicted octanol–water partition coefficient (Wildman–Crippen LogP) is 5.54. The van der Waals surface area contributed by atoms with Crippen molar-refractivity contribution in [3.63, 3.8) is 0 Å². The second-order valence-corrected chi connectivity index (χ2v) is 8.31. The van der Waals surface area contributed by atoms with E-state index in [1.807, 2.05) is 6.20 Å². The van der Waals surface area contributed by atoms with Crippen LogP contribution < -0.4 is 0 Å². The number of hydrogen-bond donors (Lipinski definition) is 2. The number of imidazole rings is 1. The van der Waals surface area contributed by atoms with Gasteiger partial charge in [-0.3, -0.25) is 10.00 Å². The fraction of sp³-hybridized carbons (Fsp3) is 0.478. The minimum atomic E-state index is -4.36. The number of aromatic amines is 2. The first-order chi connectivity index (χ1) is 14.9. The standard InChI is InChI=1S/C23H28F3N5/c1-2-3-9-21-27-12-19(29-21)15-31-10-5-7-17(14-31)22-20(13-28-30-22)16-6-4-8-18(11-16)23(24,25)26/h4,6,8,11-13,17H,2-3,5,7,9-10,14-15H2,1H3,(H,27,29)(H,28,30). The molecule has 1 aliphatic rings. The van der Waals surface area contributed by atoms with Crippen LogP contribution in [0.5, 0.6) is 0 Å². The van der Waals surface area contributed by atoms with Crippen molar-refractivity contribution < 1.29 is 13.2 Å². The van der Waals surface area contributed by atoms with Gasteiger partial charge >= 0.3 is 6.18 Å². The molecule has 1 fully saturated rings. The van der Waals surface area contributed by atoms with Crippen molar-refractivity contribution in [2.24, 2.45) is 0 Å². The molecule has 0 radical (unpaired) electrons. The van der Waals surface area contributed by atoms with Crippen LogP contribution in [-0.2, 0) is 19.1 Å². The van der Waals surface area contributed by atoms with Crippen molar-refractivity contribution in [3.05, 3.63) is 59.4 Å². The van der Waals surface area contributed by atoms with Crippen LogP contribution in [0.25, 0.3) is 11.1 Å². The van der Waals surface area contributed by atoms with Gasteiger partial charge in [0.25, 0.3) is 0 Å². The minimum Gasteiger partial charge on any atom is -0.345 e. The lowest BCUT2D eigenvalue weighted by Gasteiger charge is -2.32. The molecule has 1 saturated heterocycles. The van der Waals surface area contributed by atoms with Gasteiger partial charge in [-0.2, -0.15) is 18.3 Å². The van der Waals surface area contributed by atoms with Crippen LogP contribution in [0, 0.1) is 0 Å². The van der Waals surface area contributed by atoms with Crippen molar-refractivity contribution in [2.45, 2.75) is 57.7 Å². The molecule has 1 aromatic carbocycles. The molecule has 0 saturated carbocycles. The van der Waals surface area contributed by atoms with E-state index >= 15 is 0 Å². The molecule has 0 amide bonds. The Balaban J connectivity index is 1.47. The van der Waals surface area contributed by atoms with Crippen molar-refractivity contribution in [1.82, 2.24) is 25.1 Å². The van der Waals surface area contributed by atoms with Crippen LogP contribution in [0.2, 0.25) is 0 Å². The molecule has 0 bridgehead atoms. The summed E-state index contributed by atoms with van der Waals surface area (Å²) in [6.07, 6.45) is 4.43. The summed E-state index contributed by atoms with van der Waals surface area (Å²) in [6, 6.07) is 5.48. The van der Waals surface area contributed by atoms with Crippen LogP contribution in [0.15, 0.2) is 36.7 Å². The van der Waals surface area contributed by atoms with E-state index in [1.54, 1.807) is 12.3 Å². The summed E-state index contributed by atoms with van der Waals surface area (Å²) in [7, 11) is 0. The monoisotopic (exact) mass is 431 g/mol. The Kier molecular flexibility index (Phi) is 6.46. The van der Waals surface area contributed by atoms with E-state index < -0.39 is 11.7 Å². The van der Waals surface area contributed by atoms with E-state index in [0.29, 0.717) is 5.56 Å². The van der Waals surface area contributed by atoms with Crippen LogP contribution in [0.1, 0.15) is 61.3 Å². The van der Waals surface area contributed by atoms with Gasteiger partial charge in [-0.1, -0.05) is 25.5 Å². The number of aromatic nitrogens is 4. The number of piperidine rings is 1. The van der Waals surface area contributed by atoms with Gasteiger partial charge in [-0.15, -0.1) is 0 Å². The van der Waals surface area contributed by atoms with Gasteiger partial charge in [0.2, 0.25) is 0 Å². The van der Waals surface area contributed by atoms with Crippen LogP contribution in [0.4, 0.5) is 13.2 Å². The molecule has 4 rings (SSSR count). The van der Waals surface area contributed by atoms with Gasteiger partial charge in [0.1, 0.15) is 5.82 Å². The van der Waals surface area contributed by atoms with E-state index in [9.17, 15) is 13.2 Å². The second kappa shape index (κ2) is 9.26. The molecule has 3 aromatic rings. The highest BCUT2D eigenvalue weighted by molar-refractivity contribution is 5.66. The van der Waals surface area contributed by atoms with Gasteiger partial charge in [-0.05, 0) is 43.5 Å². The van der Waals surface area contributed by atoms with Gasteiger partial charge in [0.05, 0.1) is 11.8 Å². The fourth-order valence-corrected chi connectivity index (χ4v) is 4.33. The lowest BCUT2D eigenvalue weighted by Crippen LogP contribution is -2.34. The van der Waals surface area contributed by atoms with Crippen LogP contribution >= 0.6 is 0 Å². The highest BCUT2D eigenvalue weighted by atomic mass is 19.4. The minimum absolute atomic E-state index is 0.197. The topological polar surface area (TPSA) is 60.6 Å². The summed E-state index contributed by atoms with van der Waals surface area (Å²) in [5.41, 5.74) is 2.68. The molecule has 31 heavy (non-hydrogen) atoms. The van der Waals surface area contributed by atoms with E-state index in [2.05, 4.69) is 32.0 Å². The number of alkyl halides is 3. The van der Waals surface area contributed by atoms with Crippen molar-refractivity contribution >= 4 is 0 Å². The van der Waals surface area contributed by atoms with Gasteiger partial charge < -0.3 is 4.98 Å². The smallest absolute Gasteiger partial charge is 0.345 e. The third-order valence-corrected chi connectivity index (χ3v) is 5.93. The Hall–Kier alpha value is -2.61. The number of H-pyrrole nitrogens is 2. The lowest BCUT2D eigenvalue weighted by molar-refractivity contribution is -0.137. The number of unbranched alkanes of at least 4 members (excludes halogenated alkanes) is 1. The lowest BCUT2D eigenvalue weighted by atomic mass is 9.90. The normalized spacial score (nSPS) is 17.9.